The third-order valence-electron chi connectivity index (χ3n) is 11.6. The number of carbonyl (C=O) groups excluding carboxylic acids is 2. The van der Waals surface area contributed by atoms with Gasteiger partial charge in [0.25, 0.3) is 0 Å². The van der Waals surface area contributed by atoms with E-state index >= 15 is 8.78 Å². The minimum absolute atomic E-state index is 0.0400. The Morgan fingerprint density at radius 3 is 2.36 bits per heavy atom. The molecule has 0 aromatic heterocycles. The molecule has 0 unspecified atom stereocenters. The Bertz CT molecular complexity index is 1570. The molecule has 7 rings (SSSR count). The predicted octanol–water partition coefficient (Wildman–Crippen LogP) is 4.50. The van der Waals surface area contributed by atoms with Gasteiger partial charge in [-0.3, -0.25) is 9.59 Å². The standard InChI is InChI=1S/C35H37F2NO6/c1-32-12-11-23(40)14-26(32)27(36)15-25-24-16-30-35(29(42)18-39,33(24,2)17-28(41)34(25,32)37)44-31(43-30)21-7-3-19(4-8-21)13-20-5-9-22(38)10-6-20/h3-12,14,24-25,27-28,30-31,39,41H,13,15-18,38H2,1-2H3/t24-,25-,27-,28-,30+,31-,32-,33-,34-,35+/m0/s1. The van der Waals surface area contributed by atoms with Gasteiger partial charge in [-0.25, -0.2) is 8.78 Å². The van der Waals surface area contributed by atoms with Crippen molar-refractivity contribution < 1.29 is 38.1 Å². The molecule has 232 valence electrons. The fourth-order valence-electron chi connectivity index (χ4n) is 9.38. The van der Waals surface area contributed by atoms with Gasteiger partial charge < -0.3 is 25.4 Å². The average molecular weight is 606 g/mol. The lowest BCUT2D eigenvalue weighted by molar-refractivity contribution is -0.235. The van der Waals surface area contributed by atoms with Crippen LogP contribution in [-0.4, -0.2) is 58.0 Å². The van der Waals surface area contributed by atoms with Crippen molar-refractivity contribution in [2.45, 2.75) is 75.5 Å². The van der Waals surface area contributed by atoms with Crippen LogP contribution in [0, 0.1) is 22.7 Å². The Morgan fingerprint density at radius 2 is 1.70 bits per heavy atom. The highest BCUT2D eigenvalue weighted by Crippen LogP contribution is 2.72. The van der Waals surface area contributed by atoms with Gasteiger partial charge in [-0.15, -0.1) is 0 Å². The van der Waals surface area contributed by atoms with E-state index < -0.39 is 76.8 Å². The third kappa shape index (κ3) is 3.79. The molecule has 4 N–H and O–H groups in total. The third-order valence-corrected chi connectivity index (χ3v) is 11.6. The number of hydrogen-bond donors (Lipinski definition) is 3. The molecule has 5 aliphatic rings. The van der Waals surface area contributed by atoms with Crippen LogP contribution < -0.4 is 5.73 Å². The number of hydrogen-bond acceptors (Lipinski definition) is 7. The van der Waals surface area contributed by atoms with Crippen LogP contribution in [-0.2, 0) is 25.5 Å². The maximum Gasteiger partial charge on any atom is 0.193 e. The van der Waals surface area contributed by atoms with Crippen molar-refractivity contribution in [2.24, 2.45) is 22.7 Å². The number of fused-ring (bicyclic) bond motifs is 7. The summed E-state index contributed by atoms with van der Waals surface area (Å²) in [6, 6.07) is 15.3. The Kier molecular flexibility index (Phi) is 6.62. The van der Waals surface area contributed by atoms with Crippen LogP contribution in [0.15, 0.2) is 72.3 Å². The number of nitrogen functional groups attached to an aromatic ring is 1. The fraction of sp³-hybridized carbons (Fsp3) is 0.486. The number of nitrogens with two attached hydrogens (primary N) is 1. The zero-order valence-electron chi connectivity index (χ0n) is 24.7. The van der Waals surface area contributed by atoms with Crippen molar-refractivity contribution in [1.82, 2.24) is 0 Å². The molecule has 7 nitrogen and oxygen atoms in total. The summed E-state index contributed by atoms with van der Waals surface area (Å²) in [4.78, 5) is 25.8. The maximum atomic E-state index is 17.5. The van der Waals surface area contributed by atoms with Crippen molar-refractivity contribution >= 4 is 17.3 Å². The number of aliphatic hydroxyl groups is 2. The van der Waals surface area contributed by atoms with Gasteiger partial charge in [0.15, 0.2) is 29.1 Å². The second kappa shape index (κ2) is 9.88. The van der Waals surface area contributed by atoms with Crippen molar-refractivity contribution in [2.75, 3.05) is 12.3 Å². The molecule has 1 aliphatic heterocycles. The van der Waals surface area contributed by atoms with Crippen LogP contribution in [0.3, 0.4) is 0 Å². The lowest BCUT2D eigenvalue weighted by Gasteiger charge is -2.63. The zero-order valence-corrected chi connectivity index (χ0v) is 24.7. The van der Waals surface area contributed by atoms with Gasteiger partial charge in [-0.05, 0) is 79.5 Å². The van der Waals surface area contributed by atoms with Crippen LogP contribution in [0.2, 0.25) is 0 Å². The number of ketones is 2. The number of benzene rings is 2. The first-order valence-electron chi connectivity index (χ1n) is 15.2. The lowest BCUT2D eigenvalue weighted by Crippen LogP contribution is -2.70. The molecular weight excluding hydrogens is 568 g/mol. The molecule has 3 saturated carbocycles. The van der Waals surface area contributed by atoms with Crippen molar-refractivity contribution in [3.05, 3.63) is 89.0 Å². The highest BCUT2D eigenvalue weighted by atomic mass is 19.1. The first-order valence-corrected chi connectivity index (χ1v) is 15.2. The Hall–Kier alpha value is -3.24. The number of aliphatic hydroxyl groups excluding tert-OH is 2. The van der Waals surface area contributed by atoms with Crippen molar-refractivity contribution in [3.8, 4) is 0 Å². The van der Waals surface area contributed by atoms with E-state index in [2.05, 4.69) is 0 Å². The summed E-state index contributed by atoms with van der Waals surface area (Å²) in [5.74, 6) is -2.59. The number of alkyl halides is 2. The van der Waals surface area contributed by atoms with Crippen LogP contribution in [0.1, 0.15) is 56.1 Å². The summed E-state index contributed by atoms with van der Waals surface area (Å²) in [5.41, 5.74) is 2.73. The average Bonchev–Trinajstić information content (AvgIpc) is 3.50. The quantitative estimate of drug-likeness (QED) is 0.430. The minimum Gasteiger partial charge on any atom is -0.399 e. The number of Topliss-reactive ketones (excluding diaryl/α,β-unsaturated/α-hetero) is 1. The molecule has 2 aromatic carbocycles. The summed E-state index contributed by atoms with van der Waals surface area (Å²) in [5, 5.41) is 21.8. The summed E-state index contributed by atoms with van der Waals surface area (Å²) in [6.45, 7) is 2.49. The maximum absolute atomic E-state index is 17.5. The highest BCUT2D eigenvalue weighted by molar-refractivity contribution is 6.01. The molecule has 0 bridgehead atoms. The van der Waals surface area contributed by atoms with E-state index in [1.807, 2.05) is 48.5 Å². The smallest absolute Gasteiger partial charge is 0.193 e. The van der Waals surface area contributed by atoms with Gasteiger partial charge in [0, 0.05) is 28.0 Å². The van der Waals surface area contributed by atoms with E-state index in [1.54, 1.807) is 6.92 Å². The second-order valence-electron chi connectivity index (χ2n) is 13.6. The molecule has 2 aromatic rings. The fourth-order valence-corrected chi connectivity index (χ4v) is 9.38. The van der Waals surface area contributed by atoms with E-state index in [-0.39, 0.29) is 24.8 Å². The van der Waals surface area contributed by atoms with E-state index in [4.69, 9.17) is 15.2 Å². The van der Waals surface area contributed by atoms with Crippen molar-refractivity contribution in [3.63, 3.8) is 0 Å². The molecule has 9 heteroatoms. The molecule has 0 amide bonds. The predicted molar refractivity (Wildman–Crippen MR) is 158 cm³/mol. The topological polar surface area (TPSA) is 119 Å². The Labute approximate surface area is 254 Å². The SMILES string of the molecule is C[C@]12C=CC(=O)C=C1[C@@H](F)C[C@H]1[C@@H]3C[C@H]4O[C@H](c5ccc(Cc6ccc(N)cc6)cc5)O[C@@]4(C(=O)CO)[C@@]3(C)C[C@H](O)[C@@]12F. The highest BCUT2D eigenvalue weighted by Gasteiger charge is 2.80. The minimum atomic E-state index is -2.29. The monoisotopic (exact) mass is 605 g/mol. The molecule has 4 fully saturated rings. The van der Waals surface area contributed by atoms with E-state index in [1.165, 1.54) is 19.1 Å². The molecule has 44 heavy (non-hydrogen) atoms. The molecule has 1 saturated heterocycles. The normalized spacial score (nSPS) is 42.2. The first-order chi connectivity index (χ1) is 20.9. The van der Waals surface area contributed by atoms with E-state index in [0.717, 1.165) is 17.2 Å². The van der Waals surface area contributed by atoms with Gasteiger partial charge in [-0.1, -0.05) is 49.4 Å². The van der Waals surface area contributed by atoms with E-state index in [9.17, 15) is 19.8 Å². The van der Waals surface area contributed by atoms with Gasteiger partial charge >= 0.3 is 0 Å². The lowest BCUT2D eigenvalue weighted by atomic mass is 9.44. The van der Waals surface area contributed by atoms with Gasteiger partial charge in [0.05, 0.1) is 12.2 Å². The first kappa shape index (κ1) is 29.5. The number of anilines is 1. The number of ether oxygens (including phenoxy) is 2. The van der Waals surface area contributed by atoms with Crippen LogP contribution in [0.25, 0.3) is 0 Å². The van der Waals surface area contributed by atoms with Gasteiger partial charge in [0.2, 0.25) is 0 Å². The summed E-state index contributed by atoms with van der Waals surface area (Å²) >= 11 is 0. The summed E-state index contributed by atoms with van der Waals surface area (Å²) in [6.07, 6.45) is -0.684. The number of carbonyl (C=O) groups is 2. The molecule has 10 atom stereocenters. The van der Waals surface area contributed by atoms with Crippen molar-refractivity contribution in [1.29, 1.82) is 0 Å². The summed E-state index contributed by atoms with van der Waals surface area (Å²) < 4.78 is 46.3. The Balaban J connectivity index is 1.21. The molecule has 4 aliphatic carbocycles. The second-order valence-corrected chi connectivity index (χ2v) is 13.6. The van der Waals surface area contributed by atoms with Crippen LogP contribution >= 0.6 is 0 Å². The molecule has 0 spiro atoms. The van der Waals surface area contributed by atoms with Gasteiger partial charge in [-0.2, -0.15) is 0 Å². The Morgan fingerprint density at radius 1 is 1.05 bits per heavy atom. The van der Waals surface area contributed by atoms with Crippen LogP contribution in [0.4, 0.5) is 14.5 Å². The molecular formula is C35H37F2NO6. The molecule has 0 radical (unpaired) electrons. The zero-order chi connectivity index (χ0) is 31.2. The molecule has 1 heterocycles. The number of rotatable bonds is 5. The van der Waals surface area contributed by atoms with Crippen LogP contribution in [0.5, 0.6) is 0 Å². The van der Waals surface area contributed by atoms with Gasteiger partial charge in [0.1, 0.15) is 12.8 Å². The summed E-state index contributed by atoms with van der Waals surface area (Å²) in [7, 11) is 0. The van der Waals surface area contributed by atoms with E-state index in [0.29, 0.717) is 17.7 Å². The number of allylic oxidation sites excluding steroid dienone is 4. The largest absolute Gasteiger partial charge is 0.399 e. The number of halogens is 2.